The lowest BCUT2D eigenvalue weighted by atomic mass is 10.3. The molecule has 1 rings (SSSR count). The number of rotatable bonds is 6. The number of aromatic carboxylic acids is 1. The molecule has 0 aromatic carbocycles. The SMILES string of the molecule is CCCCOCc1cccc(C(=O)O)n1. The first kappa shape index (κ1) is 11.7. The van der Waals surface area contributed by atoms with E-state index < -0.39 is 5.97 Å². The quantitative estimate of drug-likeness (QED) is 0.729. The first-order chi connectivity index (χ1) is 7.24. The van der Waals surface area contributed by atoms with Gasteiger partial charge in [0.15, 0.2) is 0 Å². The number of nitrogens with zero attached hydrogens (tertiary/aromatic N) is 1. The molecule has 0 fully saturated rings. The summed E-state index contributed by atoms with van der Waals surface area (Å²) < 4.78 is 5.34. The van der Waals surface area contributed by atoms with Crippen LogP contribution in [0.5, 0.6) is 0 Å². The molecule has 0 spiro atoms. The van der Waals surface area contributed by atoms with Gasteiger partial charge in [-0.15, -0.1) is 0 Å². The van der Waals surface area contributed by atoms with E-state index in [0.717, 1.165) is 12.8 Å². The summed E-state index contributed by atoms with van der Waals surface area (Å²) in [6.45, 7) is 3.16. The van der Waals surface area contributed by atoms with Crippen molar-refractivity contribution < 1.29 is 14.6 Å². The number of unbranched alkanes of at least 4 members (excludes halogenated alkanes) is 1. The summed E-state index contributed by atoms with van der Waals surface area (Å²) in [7, 11) is 0. The molecule has 1 heterocycles. The van der Waals surface area contributed by atoms with E-state index in [4.69, 9.17) is 9.84 Å². The number of carboxylic acids is 1. The lowest BCUT2D eigenvalue weighted by Crippen LogP contribution is -2.04. The minimum atomic E-state index is -1.01. The predicted octanol–water partition coefficient (Wildman–Crippen LogP) is 2.10. The third-order valence-corrected chi connectivity index (χ3v) is 1.92. The van der Waals surface area contributed by atoms with Crippen LogP contribution in [0.2, 0.25) is 0 Å². The number of pyridine rings is 1. The molecule has 0 saturated carbocycles. The molecule has 0 amide bonds. The van der Waals surface area contributed by atoms with E-state index in [1.165, 1.54) is 6.07 Å². The van der Waals surface area contributed by atoms with E-state index in [9.17, 15) is 4.79 Å². The number of ether oxygens (including phenoxy) is 1. The largest absolute Gasteiger partial charge is 0.477 e. The smallest absolute Gasteiger partial charge is 0.354 e. The molecule has 15 heavy (non-hydrogen) atoms. The highest BCUT2D eigenvalue weighted by Crippen LogP contribution is 2.02. The zero-order chi connectivity index (χ0) is 11.1. The normalized spacial score (nSPS) is 10.2. The van der Waals surface area contributed by atoms with Gasteiger partial charge in [0, 0.05) is 6.61 Å². The predicted molar refractivity (Wildman–Crippen MR) is 55.8 cm³/mol. The second kappa shape index (κ2) is 6.14. The molecular weight excluding hydrogens is 194 g/mol. The molecule has 0 radical (unpaired) electrons. The second-order valence-electron chi connectivity index (χ2n) is 3.23. The Labute approximate surface area is 88.9 Å². The van der Waals surface area contributed by atoms with Crippen LogP contribution >= 0.6 is 0 Å². The van der Waals surface area contributed by atoms with Gasteiger partial charge in [0.05, 0.1) is 12.3 Å². The van der Waals surface area contributed by atoms with Crippen LogP contribution in [0, 0.1) is 0 Å². The molecule has 4 heteroatoms. The molecule has 0 bridgehead atoms. The Hall–Kier alpha value is -1.42. The Morgan fingerprint density at radius 2 is 2.33 bits per heavy atom. The highest BCUT2D eigenvalue weighted by Gasteiger charge is 2.04. The van der Waals surface area contributed by atoms with Crippen LogP contribution in [0.1, 0.15) is 35.9 Å². The van der Waals surface area contributed by atoms with Crippen LogP contribution in [-0.2, 0) is 11.3 Å². The standard InChI is InChI=1S/C11H15NO3/c1-2-3-7-15-8-9-5-4-6-10(12-9)11(13)14/h4-6H,2-3,7-8H2,1H3,(H,13,14). The first-order valence-electron chi connectivity index (χ1n) is 5.01. The number of aromatic nitrogens is 1. The Kier molecular flexibility index (Phi) is 4.77. The number of hydrogen-bond acceptors (Lipinski definition) is 3. The van der Waals surface area contributed by atoms with Crippen molar-refractivity contribution in [3.05, 3.63) is 29.6 Å². The highest BCUT2D eigenvalue weighted by molar-refractivity contribution is 5.85. The van der Waals surface area contributed by atoms with Crippen molar-refractivity contribution >= 4 is 5.97 Å². The summed E-state index contributed by atoms with van der Waals surface area (Å²) in [5.41, 5.74) is 0.720. The Bertz CT molecular complexity index is 325. The third kappa shape index (κ3) is 4.08. The van der Waals surface area contributed by atoms with E-state index in [1.807, 2.05) is 0 Å². The zero-order valence-electron chi connectivity index (χ0n) is 8.77. The van der Waals surface area contributed by atoms with Gasteiger partial charge in [-0.05, 0) is 18.6 Å². The molecular formula is C11H15NO3. The van der Waals surface area contributed by atoms with Gasteiger partial charge in [-0.1, -0.05) is 19.4 Å². The summed E-state index contributed by atoms with van der Waals surface area (Å²) in [6.07, 6.45) is 2.10. The summed E-state index contributed by atoms with van der Waals surface area (Å²) in [5, 5.41) is 8.72. The van der Waals surface area contributed by atoms with Crippen molar-refractivity contribution in [1.29, 1.82) is 0 Å². The summed E-state index contributed by atoms with van der Waals surface area (Å²) in [4.78, 5) is 14.6. The van der Waals surface area contributed by atoms with E-state index >= 15 is 0 Å². The van der Waals surface area contributed by atoms with Crippen LogP contribution in [0.15, 0.2) is 18.2 Å². The molecule has 82 valence electrons. The van der Waals surface area contributed by atoms with Crippen molar-refractivity contribution in [3.8, 4) is 0 Å². The third-order valence-electron chi connectivity index (χ3n) is 1.92. The van der Waals surface area contributed by atoms with Crippen molar-refractivity contribution in [3.63, 3.8) is 0 Å². The molecule has 0 aliphatic rings. The molecule has 1 aromatic rings. The molecule has 1 N–H and O–H groups in total. The molecule has 0 aliphatic carbocycles. The molecule has 0 aliphatic heterocycles. The average Bonchev–Trinajstić information content (AvgIpc) is 2.25. The fourth-order valence-electron chi connectivity index (χ4n) is 1.10. The summed E-state index contributed by atoms with van der Waals surface area (Å²) >= 11 is 0. The molecule has 1 aromatic heterocycles. The fraction of sp³-hybridized carbons (Fsp3) is 0.455. The van der Waals surface area contributed by atoms with Gasteiger partial charge in [-0.3, -0.25) is 0 Å². The zero-order valence-corrected chi connectivity index (χ0v) is 8.77. The molecule has 4 nitrogen and oxygen atoms in total. The van der Waals surface area contributed by atoms with Crippen molar-refractivity contribution in [2.45, 2.75) is 26.4 Å². The number of hydrogen-bond donors (Lipinski definition) is 1. The van der Waals surface area contributed by atoms with Crippen molar-refractivity contribution in [2.75, 3.05) is 6.61 Å². The average molecular weight is 209 g/mol. The van der Waals surface area contributed by atoms with Crippen LogP contribution in [0.3, 0.4) is 0 Å². The van der Waals surface area contributed by atoms with Gasteiger partial charge in [-0.2, -0.15) is 0 Å². The van der Waals surface area contributed by atoms with Crippen LogP contribution < -0.4 is 0 Å². The van der Waals surface area contributed by atoms with E-state index in [-0.39, 0.29) is 5.69 Å². The van der Waals surface area contributed by atoms with Crippen LogP contribution in [0.25, 0.3) is 0 Å². The lowest BCUT2D eigenvalue weighted by Gasteiger charge is -2.03. The Morgan fingerprint density at radius 1 is 1.53 bits per heavy atom. The van der Waals surface area contributed by atoms with Crippen molar-refractivity contribution in [1.82, 2.24) is 4.98 Å². The Balaban J connectivity index is 2.47. The Morgan fingerprint density at radius 3 is 3.00 bits per heavy atom. The highest BCUT2D eigenvalue weighted by atomic mass is 16.5. The van der Waals surface area contributed by atoms with Crippen molar-refractivity contribution in [2.24, 2.45) is 0 Å². The lowest BCUT2D eigenvalue weighted by molar-refractivity contribution is 0.0688. The number of carbonyl (C=O) groups is 1. The van der Waals surface area contributed by atoms with E-state index in [0.29, 0.717) is 18.9 Å². The maximum absolute atomic E-state index is 10.6. The van der Waals surface area contributed by atoms with E-state index in [2.05, 4.69) is 11.9 Å². The van der Waals surface area contributed by atoms with Gasteiger partial charge in [0.2, 0.25) is 0 Å². The maximum Gasteiger partial charge on any atom is 0.354 e. The van der Waals surface area contributed by atoms with E-state index in [1.54, 1.807) is 12.1 Å². The minimum Gasteiger partial charge on any atom is -0.477 e. The van der Waals surface area contributed by atoms with Crippen LogP contribution in [0.4, 0.5) is 0 Å². The van der Waals surface area contributed by atoms with Crippen LogP contribution in [-0.4, -0.2) is 22.7 Å². The maximum atomic E-state index is 10.6. The van der Waals surface area contributed by atoms with Gasteiger partial charge >= 0.3 is 5.97 Å². The fourth-order valence-corrected chi connectivity index (χ4v) is 1.10. The summed E-state index contributed by atoms with van der Waals surface area (Å²) in [6, 6.07) is 4.91. The monoisotopic (exact) mass is 209 g/mol. The molecule has 0 unspecified atom stereocenters. The van der Waals surface area contributed by atoms with Gasteiger partial charge < -0.3 is 9.84 Å². The second-order valence-corrected chi connectivity index (χ2v) is 3.23. The topological polar surface area (TPSA) is 59.4 Å². The molecule has 0 saturated heterocycles. The minimum absolute atomic E-state index is 0.0617. The van der Waals surface area contributed by atoms with Gasteiger partial charge in [0.1, 0.15) is 5.69 Å². The van der Waals surface area contributed by atoms with Gasteiger partial charge in [-0.25, -0.2) is 9.78 Å². The molecule has 0 atom stereocenters. The first-order valence-corrected chi connectivity index (χ1v) is 5.01. The number of carboxylic acid groups (broad SMARTS) is 1. The van der Waals surface area contributed by atoms with Gasteiger partial charge in [0.25, 0.3) is 0 Å². The summed E-state index contributed by atoms with van der Waals surface area (Å²) in [5.74, 6) is -1.01.